The Kier molecular flexibility index (Phi) is 22.9. The van der Waals surface area contributed by atoms with Gasteiger partial charge < -0.3 is 74.2 Å². The number of benzene rings is 1. The van der Waals surface area contributed by atoms with Crippen LogP contribution in [0.2, 0.25) is 0 Å². The van der Waals surface area contributed by atoms with Crippen LogP contribution in [-0.2, 0) is 47.5 Å². The number of rotatable bonds is 15. The molecule has 1 aromatic carbocycles. The minimum atomic E-state index is -1.69. The Morgan fingerprint density at radius 3 is 1.83 bits per heavy atom. The number of carbonyl (C=O) groups excluding carboxylic acids is 3. The van der Waals surface area contributed by atoms with Crippen LogP contribution in [0.25, 0.3) is 0 Å². The lowest BCUT2D eigenvalue weighted by Gasteiger charge is -2.43. The second-order valence-electron chi connectivity index (χ2n) is 15.6. The zero-order chi connectivity index (χ0) is 44.4. The van der Waals surface area contributed by atoms with Gasteiger partial charge in [-0.2, -0.15) is 0 Å². The summed E-state index contributed by atoms with van der Waals surface area (Å²) in [6.45, 7) is 12.8. The molecule has 4 rings (SSSR count). The lowest BCUT2D eigenvalue weighted by molar-refractivity contribution is -0.341. The lowest BCUT2D eigenvalue weighted by atomic mass is 9.91. The van der Waals surface area contributed by atoms with Gasteiger partial charge in [-0.25, -0.2) is 0 Å². The van der Waals surface area contributed by atoms with Crippen molar-refractivity contribution in [1.82, 2.24) is 5.32 Å². The molecule has 18 nitrogen and oxygen atoms in total. The molecule has 3 fully saturated rings. The molecule has 18 heteroatoms. The van der Waals surface area contributed by atoms with Gasteiger partial charge in [-0.1, -0.05) is 65.0 Å². The number of nitrogens with one attached hydrogen (secondary N) is 1. The maximum Gasteiger partial charge on any atom is 0.311 e. The van der Waals surface area contributed by atoms with Crippen molar-refractivity contribution in [2.24, 2.45) is 11.3 Å². The van der Waals surface area contributed by atoms with Gasteiger partial charge >= 0.3 is 11.9 Å². The van der Waals surface area contributed by atoms with Crippen LogP contribution in [0.4, 0.5) is 0 Å². The van der Waals surface area contributed by atoms with Gasteiger partial charge in [-0.05, 0) is 44.6 Å². The highest BCUT2D eigenvalue weighted by atomic mass is 16.7. The van der Waals surface area contributed by atoms with E-state index in [2.05, 4.69) is 54.2 Å². The van der Waals surface area contributed by atoms with E-state index < -0.39 is 84.9 Å². The van der Waals surface area contributed by atoms with Crippen molar-refractivity contribution in [2.45, 2.75) is 154 Å². The maximum atomic E-state index is 12.3. The summed E-state index contributed by atoms with van der Waals surface area (Å²) in [5, 5.41) is 74.0. The molecule has 8 N–H and O–H groups in total. The molecule has 0 bridgehead atoms. The third-order valence-electron chi connectivity index (χ3n) is 10.8. The summed E-state index contributed by atoms with van der Waals surface area (Å²) in [6.07, 6.45) is -14.7. The van der Waals surface area contributed by atoms with Crippen molar-refractivity contribution >= 4 is 17.8 Å². The van der Waals surface area contributed by atoms with E-state index in [1.54, 1.807) is 13.8 Å². The highest BCUT2D eigenvalue weighted by Crippen LogP contribution is 2.28. The normalized spacial score (nSPS) is 31.8. The van der Waals surface area contributed by atoms with E-state index in [4.69, 9.17) is 28.4 Å². The Bertz CT molecular complexity index is 1370. The molecule has 0 aliphatic carbocycles. The van der Waals surface area contributed by atoms with Gasteiger partial charge in [0.25, 0.3) is 0 Å². The van der Waals surface area contributed by atoms with Crippen molar-refractivity contribution in [3.8, 4) is 0 Å². The summed E-state index contributed by atoms with van der Waals surface area (Å²) in [6, 6.07) is 10.6. The first kappa shape index (κ1) is 52.3. The molecule has 0 spiro atoms. The van der Waals surface area contributed by atoms with Crippen molar-refractivity contribution in [2.75, 3.05) is 40.1 Å². The maximum absolute atomic E-state index is 12.3. The molecule has 1 aromatic rings. The largest absolute Gasteiger partial charge is 0.469 e. The Morgan fingerprint density at radius 1 is 0.763 bits per heavy atom. The fourth-order valence-electron chi connectivity index (χ4n) is 5.72. The van der Waals surface area contributed by atoms with Gasteiger partial charge in [0.15, 0.2) is 12.6 Å². The molecule has 0 saturated carbocycles. The standard InChI is InChI=1S/C25H43NO15.C10H14.C6H12O2/c1-4-25(2,3)24(35)36-6-5-26-15(28)7-12-17(30)18(31)13(9-37-12)40-23-21(34)19(32)14(10-39-23)41-22-20(33)16(29)11(27)8-38-22;1-3-9(2)10-7-5-4-6-8-10;1-4-5(2)6(7)8-3/h11-14,16-23,27,29-34H,4-10H2,1-3H3,(H,26,28);4-9H,3H2,1-2H3;5H,4H2,1-3H3. The van der Waals surface area contributed by atoms with Crippen LogP contribution < -0.4 is 5.32 Å². The molecule has 14 atom stereocenters. The average molecular weight is 848 g/mol. The van der Waals surface area contributed by atoms with Crippen LogP contribution in [0.3, 0.4) is 0 Å². The van der Waals surface area contributed by atoms with E-state index in [0.29, 0.717) is 12.3 Å². The second-order valence-corrected chi connectivity index (χ2v) is 15.6. The van der Waals surface area contributed by atoms with Gasteiger partial charge in [-0.15, -0.1) is 0 Å². The molecular formula is C41H69NO17. The highest BCUT2D eigenvalue weighted by molar-refractivity contribution is 5.77. The number of amides is 1. The van der Waals surface area contributed by atoms with Crippen molar-refractivity contribution < 1.29 is 83.3 Å². The minimum Gasteiger partial charge on any atom is -0.469 e. The molecule has 0 aromatic heterocycles. The molecule has 3 aliphatic heterocycles. The molecule has 340 valence electrons. The van der Waals surface area contributed by atoms with Crippen molar-refractivity contribution in [1.29, 1.82) is 0 Å². The zero-order valence-corrected chi connectivity index (χ0v) is 35.5. The van der Waals surface area contributed by atoms with E-state index in [0.717, 1.165) is 6.42 Å². The van der Waals surface area contributed by atoms with Crippen molar-refractivity contribution in [3.63, 3.8) is 0 Å². The fraction of sp³-hybridized carbons (Fsp3) is 0.780. The van der Waals surface area contributed by atoms with Gasteiger partial charge in [0.1, 0.15) is 61.5 Å². The van der Waals surface area contributed by atoms with Crippen LogP contribution in [0.1, 0.15) is 85.6 Å². The average Bonchev–Trinajstić information content (AvgIpc) is 3.24. The smallest absolute Gasteiger partial charge is 0.311 e. The molecule has 3 heterocycles. The van der Waals surface area contributed by atoms with Gasteiger partial charge in [0, 0.05) is 0 Å². The highest BCUT2D eigenvalue weighted by Gasteiger charge is 2.47. The third kappa shape index (κ3) is 16.2. The van der Waals surface area contributed by atoms with E-state index in [1.165, 1.54) is 19.1 Å². The summed E-state index contributed by atoms with van der Waals surface area (Å²) in [5.41, 5.74) is 0.818. The van der Waals surface area contributed by atoms with E-state index in [9.17, 15) is 50.1 Å². The lowest BCUT2D eigenvalue weighted by Crippen LogP contribution is -2.61. The first-order valence-corrected chi connectivity index (χ1v) is 20.3. The Balaban J connectivity index is 0.000000546. The molecule has 3 saturated heterocycles. The molecule has 0 radical (unpaired) electrons. The first-order valence-electron chi connectivity index (χ1n) is 20.3. The topological polar surface area (TPSA) is 269 Å². The Morgan fingerprint density at radius 2 is 1.31 bits per heavy atom. The number of hydrogen-bond donors (Lipinski definition) is 8. The molecular weight excluding hydrogens is 778 g/mol. The second kappa shape index (κ2) is 25.8. The van der Waals surface area contributed by atoms with Gasteiger partial charge in [0.05, 0.1) is 57.3 Å². The predicted molar refractivity (Wildman–Crippen MR) is 210 cm³/mol. The molecule has 3 aliphatic rings. The fourth-order valence-corrected chi connectivity index (χ4v) is 5.72. The van der Waals surface area contributed by atoms with E-state index in [1.807, 2.05) is 20.8 Å². The summed E-state index contributed by atoms with van der Waals surface area (Å²) < 4.78 is 36.7. The summed E-state index contributed by atoms with van der Waals surface area (Å²) in [5.74, 6) is -0.232. The SMILES string of the molecule is CCC(C)(C)C(=O)OCCNC(=O)CC1OCC(OC2OCC(OC3OCC(O)C(O)C3O)C(O)C2O)C(O)C1O.CCC(C)C(=O)OC.CCC(C)c1ccccc1. The van der Waals surface area contributed by atoms with Crippen molar-refractivity contribution in [3.05, 3.63) is 35.9 Å². The third-order valence-corrected chi connectivity index (χ3v) is 10.8. The van der Waals surface area contributed by atoms with E-state index >= 15 is 0 Å². The predicted octanol–water partition coefficient (Wildman–Crippen LogP) is 0.286. The van der Waals surface area contributed by atoms with Crippen LogP contribution in [-0.4, -0.2) is 167 Å². The zero-order valence-electron chi connectivity index (χ0n) is 35.5. The molecule has 59 heavy (non-hydrogen) atoms. The Labute approximate surface area is 347 Å². The monoisotopic (exact) mass is 847 g/mol. The van der Waals surface area contributed by atoms with Crippen LogP contribution in [0.5, 0.6) is 0 Å². The number of ether oxygens (including phenoxy) is 7. The number of carbonyl (C=O) groups is 3. The number of aliphatic hydroxyl groups is 7. The number of methoxy groups -OCH3 is 1. The van der Waals surface area contributed by atoms with Gasteiger partial charge in [-0.3, -0.25) is 14.4 Å². The van der Waals surface area contributed by atoms with Crippen LogP contribution in [0, 0.1) is 11.3 Å². The van der Waals surface area contributed by atoms with Gasteiger partial charge in [0.2, 0.25) is 5.91 Å². The number of hydrogen-bond acceptors (Lipinski definition) is 17. The summed E-state index contributed by atoms with van der Waals surface area (Å²) in [4.78, 5) is 34.8. The summed E-state index contributed by atoms with van der Waals surface area (Å²) in [7, 11) is 1.41. The first-order chi connectivity index (χ1) is 27.8. The van der Waals surface area contributed by atoms with Crippen LogP contribution >= 0.6 is 0 Å². The Hall–Kier alpha value is -2.85. The number of aliphatic hydroxyl groups excluding tert-OH is 7. The van der Waals surface area contributed by atoms with Crippen LogP contribution in [0.15, 0.2) is 30.3 Å². The summed E-state index contributed by atoms with van der Waals surface area (Å²) >= 11 is 0. The molecule has 14 unspecified atom stereocenters. The minimum absolute atomic E-state index is 0.0264. The van der Waals surface area contributed by atoms with E-state index in [-0.39, 0.29) is 57.2 Å². The molecule has 1 amide bonds. The number of esters is 2. The quantitative estimate of drug-likeness (QED) is 0.0871.